The number of para-hydroxylation sites is 2. The smallest absolute Gasteiger partial charge is 0.404 e. The van der Waals surface area contributed by atoms with Gasteiger partial charge in [0.15, 0.2) is 11.7 Å². The van der Waals surface area contributed by atoms with Gasteiger partial charge >= 0.3 is 6.36 Å². The van der Waals surface area contributed by atoms with E-state index >= 15 is 0 Å². The molecule has 0 aliphatic heterocycles. The van der Waals surface area contributed by atoms with Gasteiger partial charge < -0.3 is 25.4 Å². The molecule has 0 aliphatic rings. The Morgan fingerprint density at radius 2 is 1.96 bits per heavy atom. The Kier molecular flexibility index (Phi) is 11.6. The summed E-state index contributed by atoms with van der Waals surface area (Å²) in [6.45, 7) is 3.57. The predicted octanol–water partition coefficient (Wildman–Crippen LogP) is 3.29. The van der Waals surface area contributed by atoms with Gasteiger partial charge in [0.05, 0.1) is 18.3 Å². The Balaban J connectivity index is 0.00000625. The molecule has 0 aromatic heterocycles. The van der Waals surface area contributed by atoms with Crippen molar-refractivity contribution in [1.29, 1.82) is 0 Å². The summed E-state index contributed by atoms with van der Waals surface area (Å²) >= 11 is 0. The number of alkyl halides is 3. The van der Waals surface area contributed by atoms with E-state index in [1.54, 1.807) is 6.07 Å². The topological polar surface area (TPSA) is 72.1 Å². The number of halogens is 4. The second-order valence-electron chi connectivity index (χ2n) is 5.56. The number of nitrogens with zero attached hydrogens (tertiary/aromatic N) is 2. The van der Waals surface area contributed by atoms with Crippen molar-refractivity contribution in [2.24, 2.45) is 10.7 Å². The zero-order valence-corrected chi connectivity index (χ0v) is 17.4. The SMILES string of the molecule is CCOC(CCN(C)C)CN=C(N)Nc1ccccc1OC(F)(F)F.I. The van der Waals surface area contributed by atoms with Gasteiger partial charge in [-0.3, -0.25) is 4.99 Å². The second-order valence-corrected chi connectivity index (χ2v) is 5.56. The molecule has 26 heavy (non-hydrogen) atoms. The van der Waals surface area contributed by atoms with Crippen LogP contribution in [0.1, 0.15) is 13.3 Å². The summed E-state index contributed by atoms with van der Waals surface area (Å²) in [5.74, 6) is -0.380. The number of ether oxygens (including phenoxy) is 2. The first-order valence-electron chi connectivity index (χ1n) is 7.89. The third-order valence-electron chi connectivity index (χ3n) is 3.14. The van der Waals surface area contributed by atoms with Crippen molar-refractivity contribution in [3.05, 3.63) is 24.3 Å². The summed E-state index contributed by atoms with van der Waals surface area (Å²) in [7, 11) is 3.92. The lowest BCUT2D eigenvalue weighted by Crippen LogP contribution is -2.28. The van der Waals surface area contributed by atoms with E-state index in [0.29, 0.717) is 13.2 Å². The number of hydrogen-bond donors (Lipinski definition) is 2. The molecule has 0 bridgehead atoms. The molecular formula is C16H26F3IN4O2. The van der Waals surface area contributed by atoms with Crippen LogP contribution in [0.25, 0.3) is 0 Å². The quantitative estimate of drug-likeness (QED) is 0.316. The van der Waals surface area contributed by atoms with Gasteiger partial charge in [0.1, 0.15) is 0 Å². The van der Waals surface area contributed by atoms with Crippen LogP contribution in [-0.2, 0) is 4.74 Å². The van der Waals surface area contributed by atoms with Gasteiger partial charge in [-0.1, -0.05) is 12.1 Å². The lowest BCUT2D eigenvalue weighted by Gasteiger charge is -2.18. The van der Waals surface area contributed by atoms with Gasteiger partial charge in [-0.2, -0.15) is 0 Å². The van der Waals surface area contributed by atoms with Crippen molar-refractivity contribution >= 4 is 35.6 Å². The van der Waals surface area contributed by atoms with E-state index in [1.165, 1.54) is 18.2 Å². The molecule has 1 aromatic rings. The standard InChI is InChI=1S/C16H25F3N4O2.HI/c1-4-24-12(9-10-23(2)3)11-21-15(20)22-13-7-5-6-8-14(13)25-16(17,18)19;/h5-8,12H,4,9-11H2,1-3H3,(H3,20,21,22);1H. The minimum atomic E-state index is -4.78. The summed E-state index contributed by atoms with van der Waals surface area (Å²) in [6.07, 6.45) is -4.13. The molecule has 1 atom stereocenters. The largest absolute Gasteiger partial charge is 0.573 e. The Hall–Kier alpha value is -1.27. The molecule has 10 heteroatoms. The summed E-state index contributed by atoms with van der Waals surface area (Å²) in [5.41, 5.74) is 5.86. The number of benzene rings is 1. The van der Waals surface area contributed by atoms with Crippen LogP contribution in [0.2, 0.25) is 0 Å². The zero-order chi connectivity index (χ0) is 18.9. The van der Waals surface area contributed by atoms with Crippen molar-refractivity contribution in [1.82, 2.24) is 4.90 Å². The molecule has 0 fully saturated rings. The van der Waals surface area contributed by atoms with E-state index in [0.717, 1.165) is 13.0 Å². The van der Waals surface area contributed by atoms with Crippen molar-refractivity contribution in [3.63, 3.8) is 0 Å². The molecule has 1 rings (SSSR count). The molecule has 1 unspecified atom stereocenters. The number of nitrogens with two attached hydrogens (primary N) is 1. The van der Waals surface area contributed by atoms with Crippen molar-refractivity contribution in [2.45, 2.75) is 25.8 Å². The average molecular weight is 490 g/mol. The summed E-state index contributed by atoms with van der Waals surface area (Å²) in [6, 6.07) is 5.63. The van der Waals surface area contributed by atoms with Crippen LogP contribution in [-0.4, -0.2) is 57.1 Å². The molecular weight excluding hydrogens is 464 g/mol. The van der Waals surface area contributed by atoms with Crippen molar-refractivity contribution < 1.29 is 22.6 Å². The molecule has 0 saturated carbocycles. The van der Waals surface area contributed by atoms with Gasteiger partial charge in [0.2, 0.25) is 0 Å². The van der Waals surface area contributed by atoms with Gasteiger partial charge in [-0.15, -0.1) is 37.1 Å². The van der Waals surface area contributed by atoms with E-state index in [1.807, 2.05) is 25.9 Å². The first-order valence-corrected chi connectivity index (χ1v) is 7.89. The van der Waals surface area contributed by atoms with E-state index in [9.17, 15) is 13.2 Å². The highest BCUT2D eigenvalue weighted by molar-refractivity contribution is 14.0. The number of hydrogen-bond acceptors (Lipinski definition) is 4. The molecule has 0 saturated heterocycles. The van der Waals surface area contributed by atoms with Crippen molar-refractivity contribution in [3.8, 4) is 5.75 Å². The van der Waals surface area contributed by atoms with E-state index in [2.05, 4.69) is 15.0 Å². The van der Waals surface area contributed by atoms with Gasteiger partial charge in [0, 0.05) is 13.2 Å². The van der Waals surface area contributed by atoms with E-state index in [-0.39, 0.29) is 47.5 Å². The predicted molar refractivity (Wildman–Crippen MR) is 107 cm³/mol. The molecule has 0 spiro atoms. The molecule has 3 N–H and O–H groups in total. The molecule has 0 heterocycles. The van der Waals surface area contributed by atoms with Crippen LogP contribution < -0.4 is 15.8 Å². The lowest BCUT2D eigenvalue weighted by atomic mass is 10.2. The van der Waals surface area contributed by atoms with Crippen LogP contribution in [0.5, 0.6) is 5.75 Å². The summed E-state index contributed by atoms with van der Waals surface area (Å²) in [5, 5.41) is 2.63. The van der Waals surface area contributed by atoms with Crippen LogP contribution in [0.4, 0.5) is 18.9 Å². The maximum atomic E-state index is 12.4. The van der Waals surface area contributed by atoms with Crippen molar-refractivity contribution in [2.75, 3.05) is 39.1 Å². The van der Waals surface area contributed by atoms with Gasteiger partial charge in [-0.05, 0) is 39.6 Å². The fourth-order valence-electron chi connectivity index (χ4n) is 2.03. The first-order chi connectivity index (χ1) is 11.7. The number of aliphatic imine (C=N–C) groups is 1. The fraction of sp³-hybridized carbons (Fsp3) is 0.562. The number of nitrogens with one attached hydrogen (secondary N) is 1. The Morgan fingerprint density at radius 1 is 1.31 bits per heavy atom. The monoisotopic (exact) mass is 490 g/mol. The first kappa shape index (κ1) is 24.7. The Morgan fingerprint density at radius 3 is 2.54 bits per heavy atom. The third-order valence-corrected chi connectivity index (χ3v) is 3.14. The number of anilines is 1. The highest BCUT2D eigenvalue weighted by atomic mass is 127. The second kappa shape index (κ2) is 12.2. The lowest BCUT2D eigenvalue weighted by molar-refractivity contribution is -0.274. The molecule has 6 nitrogen and oxygen atoms in total. The Bertz CT molecular complexity index is 557. The van der Waals surface area contributed by atoms with Crippen LogP contribution >= 0.6 is 24.0 Å². The minimum absolute atomic E-state index is 0. The minimum Gasteiger partial charge on any atom is -0.404 e. The highest BCUT2D eigenvalue weighted by Gasteiger charge is 2.32. The van der Waals surface area contributed by atoms with Crippen LogP contribution in [0.3, 0.4) is 0 Å². The molecule has 1 aromatic carbocycles. The normalized spacial score (nSPS) is 13.3. The van der Waals surface area contributed by atoms with Crippen LogP contribution in [0.15, 0.2) is 29.3 Å². The van der Waals surface area contributed by atoms with E-state index < -0.39 is 6.36 Å². The Labute approximate surface area is 168 Å². The van der Waals surface area contributed by atoms with Gasteiger partial charge in [-0.25, -0.2) is 0 Å². The maximum absolute atomic E-state index is 12.4. The fourth-order valence-corrected chi connectivity index (χ4v) is 2.03. The zero-order valence-electron chi connectivity index (χ0n) is 15.0. The van der Waals surface area contributed by atoms with Crippen LogP contribution in [0, 0.1) is 0 Å². The third kappa shape index (κ3) is 10.7. The summed E-state index contributed by atoms with van der Waals surface area (Å²) in [4.78, 5) is 6.19. The summed E-state index contributed by atoms with van der Waals surface area (Å²) < 4.78 is 46.8. The molecule has 150 valence electrons. The van der Waals surface area contributed by atoms with E-state index in [4.69, 9.17) is 10.5 Å². The number of guanidine groups is 1. The maximum Gasteiger partial charge on any atom is 0.573 e. The number of rotatable bonds is 9. The highest BCUT2D eigenvalue weighted by Crippen LogP contribution is 2.29. The average Bonchev–Trinajstić information content (AvgIpc) is 2.50. The molecule has 0 amide bonds. The molecule has 0 radical (unpaired) electrons. The van der Waals surface area contributed by atoms with Gasteiger partial charge in [0.25, 0.3) is 0 Å². The molecule has 0 aliphatic carbocycles.